The lowest BCUT2D eigenvalue weighted by Crippen LogP contribution is -2.44. The number of sulfone groups is 1. The van der Waals surface area contributed by atoms with Crippen molar-refractivity contribution < 1.29 is 17.9 Å². The van der Waals surface area contributed by atoms with Crippen LogP contribution in [0.2, 0.25) is 0 Å². The van der Waals surface area contributed by atoms with Crippen molar-refractivity contribution in [2.45, 2.75) is 49.4 Å². The van der Waals surface area contributed by atoms with Gasteiger partial charge in [0, 0.05) is 42.4 Å². The van der Waals surface area contributed by atoms with Crippen LogP contribution < -0.4 is 11.1 Å². The Balaban J connectivity index is 1.33. The maximum absolute atomic E-state index is 13.2. The molecule has 3 N–H and O–H groups in total. The molecule has 2 aromatic carbocycles. The van der Waals surface area contributed by atoms with Crippen molar-refractivity contribution in [3.05, 3.63) is 72.1 Å². The van der Waals surface area contributed by atoms with Gasteiger partial charge in [-0.2, -0.15) is 0 Å². The van der Waals surface area contributed by atoms with E-state index in [-0.39, 0.29) is 4.90 Å². The second kappa shape index (κ2) is 11.2. The van der Waals surface area contributed by atoms with E-state index in [1.807, 2.05) is 57.2 Å². The largest absolute Gasteiger partial charge is 0.444 e. The van der Waals surface area contributed by atoms with Gasteiger partial charge in [0.05, 0.1) is 10.1 Å². The predicted octanol–water partition coefficient (Wildman–Crippen LogP) is 5.15. The van der Waals surface area contributed by atoms with Gasteiger partial charge in [-0.15, -0.1) is 0 Å². The number of carbonyl (C=O) groups is 1. The van der Waals surface area contributed by atoms with E-state index in [2.05, 4.69) is 15.3 Å². The van der Waals surface area contributed by atoms with E-state index in [1.54, 1.807) is 41.6 Å². The zero-order valence-electron chi connectivity index (χ0n) is 21.8. The lowest BCUT2D eigenvalue weighted by atomic mass is 10.1. The summed E-state index contributed by atoms with van der Waals surface area (Å²) in [5, 5.41) is 2.55. The first-order chi connectivity index (χ1) is 18.0. The number of aromatic nitrogens is 2. The minimum absolute atomic E-state index is 0.252. The number of nitrogens with one attached hydrogen (secondary N) is 1. The van der Waals surface area contributed by atoms with E-state index >= 15 is 0 Å². The summed E-state index contributed by atoms with van der Waals surface area (Å²) >= 11 is 0. The number of carbonyl (C=O) groups excluding carboxylic acids is 1. The average molecular weight is 536 g/mol. The first-order valence-corrected chi connectivity index (χ1v) is 14.0. The van der Waals surface area contributed by atoms with E-state index in [9.17, 15) is 13.2 Å². The van der Waals surface area contributed by atoms with Crippen molar-refractivity contribution in [2.75, 3.05) is 24.1 Å². The highest BCUT2D eigenvalue weighted by Crippen LogP contribution is 2.27. The van der Waals surface area contributed by atoms with Gasteiger partial charge in [0.1, 0.15) is 5.60 Å². The number of anilines is 3. The lowest BCUT2D eigenvalue weighted by molar-refractivity contribution is 0.0217. The van der Waals surface area contributed by atoms with Gasteiger partial charge in [0.25, 0.3) is 0 Å². The highest BCUT2D eigenvalue weighted by atomic mass is 32.2. The molecule has 3 aromatic rings. The number of nitrogens with two attached hydrogens (primary N) is 1. The lowest BCUT2D eigenvalue weighted by Gasteiger charge is -2.33. The van der Waals surface area contributed by atoms with E-state index < -0.39 is 26.8 Å². The molecule has 1 saturated heterocycles. The van der Waals surface area contributed by atoms with Crippen LogP contribution in [-0.4, -0.2) is 53.3 Å². The Bertz CT molecular complexity index is 1390. The van der Waals surface area contributed by atoms with Gasteiger partial charge in [-0.3, -0.25) is 0 Å². The minimum Gasteiger partial charge on any atom is -0.444 e. The molecule has 1 fully saturated rings. The number of benzene rings is 2. The third-order valence-electron chi connectivity index (χ3n) is 6.02. The molecule has 200 valence electrons. The van der Waals surface area contributed by atoms with Gasteiger partial charge >= 0.3 is 6.09 Å². The number of rotatable bonds is 6. The van der Waals surface area contributed by atoms with Crippen molar-refractivity contribution in [1.29, 1.82) is 0 Å². The van der Waals surface area contributed by atoms with Gasteiger partial charge in [-0.05, 0) is 75.6 Å². The number of likely N-dealkylation sites (tertiary alicyclic amines) is 1. The molecule has 2 heterocycles. The summed E-state index contributed by atoms with van der Waals surface area (Å²) in [5.74, 6) is 0.399. The van der Waals surface area contributed by atoms with Crippen LogP contribution >= 0.6 is 0 Å². The Morgan fingerprint density at radius 1 is 1.03 bits per heavy atom. The zero-order chi connectivity index (χ0) is 27.3. The summed E-state index contributed by atoms with van der Waals surface area (Å²) in [6, 6.07) is 14.1. The van der Waals surface area contributed by atoms with Gasteiger partial charge in [0.2, 0.25) is 5.95 Å². The van der Waals surface area contributed by atoms with Crippen LogP contribution in [0.5, 0.6) is 0 Å². The number of nitrogens with zero attached hydrogens (tertiary/aromatic N) is 3. The minimum atomic E-state index is -3.53. The van der Waals surface area contributed by atoms with Crippen LogP contribution in [-0.2, 0) is 14.6 Å². The fourth-order valence-corrected chi connectivity index (χ4v) is 5.80. The molecule has 1 aliphatic rings. The molecular formula is C28H33N5O4S. The molecule has 0 saturated carbocycles. The summed E-state index contributed by atoms with van der Waals surface area (Å²) in [4.78, 5) is 22.8. The zero-order valence-corrected chi connectivity index (χ0v) is 22.6. The van der Waals surface area contributed by atoms with Crippen molar-refractivity contribution in [3.63, 3.8) is 0 Å². The van der Waals surface area contributed by atoms with E-state index in [4.69, 9.17) is 10.5 Å². The van der Waals surface area contributed by atoms with Gasteiger partial charge in [-0.25, -0.2) is 23.2 Å². The number of piperidine rings is 1. The summed E-state index contributed by atoms with van der Waals surface area (Å²) in [6.45, 7) is 6.12. The van der Waals surface area contributed by atoms with Gasteiger partial charge in [-0.1, -0.05) is 24.3 Å². The second-order valence-corrected chi connectivity index (χ2v) is 12.4. The third kappa shape index (κ3) is 7.10. The maximum atomic E-state index is 13.2. The van der Waals surface area contributed by atoms with Crippen LogP contribution in [0.3, 0.4) is 0 Å². The Labute approximate surface area is 223 Å². The van der Waals surface area contributed by atoms with Gasteiger partial charge in [0.15, 0.2) is 9.84 Å². The monoisotopic (exact) mass is 535 g/mol. The molecule has 0 unspecified atom stereocenters. The molecule has 1 aromatic heterocycles. The number of amides is 1. The molecule has 0 bridgehead atoms. The van der Waals surface area contributed by atoms with E-state index in [1.165, 1.54) is 0 Å². The first kappa shape index (κ1) is 27.1. The fraction of sp³-hybridized carbons (Fsp3) is 0.321. The molecule has 0 aliphatic carbocycles. The number of ether oxygens (including phenoxy) is 1. The molecule has 1 aliphatic heterocycles. The molecule has 4 rings (SSSR count). The summed E-state index contributed by atoms with van der Waals surface area (Å²) in [7, 11) is -3.53. The topological polar surface area (TPSA) is 128 Å². The van der Waals surface area contributed by atoms with E-state index in [0.717, 1.165) is 11.1 Å². The van der Waals surface area contributed by atoms with Crippen molar-refractivity contribution in [3.8, 4) is 0 Å². The summed E-state index contributed by atoms with van der Waals surface area (Å²) < 4.78 is 31.8. The molecular weight excluding hydrogens is 502 g/mol. The van der Waals surface area contributed by atoms with Crippen LogP contribution in [0.4, 0.5) is 22.1 Å². The first-order valence-electron chi connectivity index (χ1n) is 12.4. The van der Waals surface area contributed by atoms with Crippen molar-refractivity contribution in [2.24, 2.45) is 0 Å². The standard InChI is InChI=1S/C28H33N5O4S/c1-28(2,3)37-27(34)33-15-13-25(14-16-33)38(35,36)24-11-9-23(10-12-24)32-26-30-18-21(19-31-26)8-7-20-5-4-6-22(29)17-20/h4-12,17-19,25H,13-16,29H2,1-3H3,(H,30,31,32). The Kier molecular flexibility index (Phi) is 8.01. The molecule has 0 radical (unpaired) electrons. The molecule has 1 amide bonds. The average Bonchev–Trinajstić information content (AvgIpc) is 2.88. The normalized spacial score (nSPS) is 15.0. The van der Waals surface area contributed by atoms with Crippen LogP contribution in [0.1, 0.15) is 44.7 Å². The Morgan fingerprint density at radius 2 is 1.66 bits per heavy atom. The third-order valence-corrected chi connectivity index (χ3v) is 8.30. The quantitative estimate of drug-likeness (QED) is 0.415. The Hall–Kier alpha value is -3.92. The van der Waals surface area contributed by atoms with Crippen LogP contribution in [0.25, 0.3) is 12.2 Å². The summed E-state index contributed by atoms with van der Waals surface area (Å²) in [5.41, 5.74) is 8.41. The highest BCUT2D eigenvalue weighted by molar-refractivity contribution is 7.92. The SMILES string of the molecule is CC(C)(C)OC(=O)N1CCC(S(=O)(=O)c2ccc(Nc3ncc(C=Cc4cccc(N)c4)cn3)cc2)CC1. The van der Waals surface area contributed by atoms with Crippen LogP contribution in [0.15, 0.2) is 65.8 Å². The van der Waals surface area contributed by atoms with Crippen molar-refractivity contribution >= 4 is 45.4 Å². The molecule has 0 atom stereocenters. The van der Waals surface area contributed by atoms with E-state index in [0.29, 0.717) is 43.3 Å². The van der Waals surface area contributed by atoms with Crippen molar-refractivity contribution in [1.82, 2.24) is 14.9 Å². The summed E-state index contributed by atoms with van der Waals surface area (Å²) in [6.07, 6.45) is 7.55. The number of nitrogen functional groups attached to an aromatic ring is 1. The molecule has 0 spiro atoms. The maximum Gasteiger partial charge on any atom is 0.410 e. The fourth-order valence-electron chi connectivity index (χ4n) is 4.07. The molecule has 9 nitrogen and oxygen atoms in total. The predicted molar refractivity (Wildman–Crippen MR) is 150 cm³/mol. The smallest absolute Gasteiger partial charge is 0.410 e. The highest BCUT2D eigenvalue weighted by Gasteiger charge is 2.34. The number of hydrogen-bond acceptors (Lipinski definition) is 8. The molecule has 38 heavy (non-hydrogen) atoms. The number of hydrogen-bond donors (Lipinski definition) is 2. The molecule has 10 heteroatoms. The second-order valence-electron chi connectivity index (χ2n) is 10.2. The Morgan fingerprint density at radius 3 is 2.26 bits per heavy atom. The van der Waals surface area contributed by atoms with Crippen LogP contribution in [0, 0.1) is 0 Å². The van der Waals surface area contributed by atoms with Gasteiger partial charge < -0.3 is 20.7 Å².